The van der Waals surface area contributed by atoms with Crippen molar-refractivity contribution in [3.63, 3.8) is 0 Å². The van der Waals surface area contributed by atoms with Crippen molar-refractivity contribution < 1.29 is 19.1 Å². The summed E-state index contributed by atoms with van der Waals surface area (Å²) in [6.45, 7) is 9.59. The maximum Gasteiger partial charge on any atom is 0.308 e. The normalized spacial score (nSPS) is 16.6. The molecule has 0 fully saturated rings. The lowest BCUT2D eigenvalue weighted by Crippen LogP contribution is -2.44. The van der Waals surface area contributed by atoms with Gasteiger partial charge in [-0.3, -0.25) is 9.59 Å². The van der Waals surface area contributed by atoms with Gasteiger partial charge in [0.2, 0.25) is 5.88 Å². The highest BCUT2D eigenvalue weighted by atomic mass is 35.5. The van der Waals surface area contributed by atoms with Gasteiger partial charge in [0.15, 0.2) is 5.16 Å². The second kappa shape index (κ2) is 7.60. The van der Waals surface area contributed by atoms with E-state index in [1.165, 1.54) is 16.7 Å². The summed E-state index contributed by atoms with van der Waals surface area (Å²) >= 11 is 7.53. The Bertz CT molecular complexity index is 719. The molecule has 0 aromatic carbocycles. The van der Waals surface area contributed by atoms with Gasteiger partial charge in [-0.25, -0.2) is 4.98 Å². The Morgan fingerprint density at radius 3 is 2.62 bits per heavy atom. The second-order valence-corrected chi connectivity index (χ2v) is 8.74. The first-order valence-electron chi connectivity index (χ1n) is 8.23. The topological polar surface area (TPSA) is 81.6 Å². The molecule has 2 heterocycles. The molecule has 0 unspecified atom stereocenters. The molecule has 0 radical (unpaired) electrons. The van der Waals surface area contributed by atoms with Crippen LogP contribution in [0.3, 0.4) is 0 Å². The van der Waals surface area contributed by atoms with Crippen LogP contribution in [0.4, 0.5) is 0 Å². The van der Waals surface area contributed by atoms with E-state index in [2.05, 4.69) is 9.97 Å². The van der Waals surface area contributed by atoms with Crippen molar-refractivity contribution >= 4 is 35.2 Å². The number of esters is 1. The number of rotatable bonds is 4. The van der Waals surface area contributed by atoms with E-state index < -0.39 is 11.2 Å². The fourth-order valence-electron chi connectivity index (χ4n) is 2.52. The predicted molar refractivity (Wildman–Crippen MR) is 99.9 cm³/mol. The molecule has 1 aromatic heterocycles. The van der Waals surface area contributed by atoms with E-state index >= 15 is 0 Å². The summed E-state index contributed by atoms with van der Waals surface area (Å²) < 4.78 is 11.2. The molecule has 0 bridgehead atoms. The van der Waals surface area contributed by atoms with E-state index in [4.69, 9.17) is 21.1 Å². The van der Waals surface area contributed by atoms with Crippen LogP contribution in [-0.2, 0) is 9.53 Å². The highest BCUT2D eigenvalue weighted by Crippen LogP contribution is 2.33. The first-order chi connectivity index (χ1) is 11.9. The van der Waals surface area contributed by atoms with Crippen molar-refractivity contribution in [2.45, 2.75) is 57.4 Å². The van der Waals surface area contributed by atoms with Gasteiger partial charge in [0.1, 0.15) is 21.9 Å². The van der Waals surface area contributed by atoms with Crippen molar-refractivity contribution in [3.05, 3.63) is 10.7 Å². The third kappa shape index (κ3) is 5.23. The Hall–Kier alpha value is -1.54. The average molecular weight is 402 g/mol. The van der Waals surface area contributed by atoms with Gasteiger partial charge < -0.3 is 14.4 Å². The van der Waals surface area contributed by atoms with Crippen LogP contribution in [0.1, 0.15) is 51.4 Å². The average Bonchev–Trinajstić information content (AvgIpc) is 2.57. The van der Waals surface area contributed by atoms with Crippen molar-refractivity contribution in [2.75, 3.05) is 19.3 Å². The molecule has 0 saturated heterocycles. The van der Waals surface area contributed by atoms with Crippen LogP contribution < -0.4 is 4.74 Å². The number of nitrogens with zero attached hydrogens (tertiary/aromatic N) is 3. The minimum absolute atomic E-state index is 0.0457. The van der Waals surface area contributed by atoms with Gasteiger partial charge in [-0.15, -0.1) is 0 Å². The molecular weight excluding hydrogens is 378 g/mol. The largest absolute Gasteiger partial charge is 0.469 e. The lowest BCUT2D eigenvalue weighted by Gasteiger charge is -2.29. The van der Waals surface area contributed by atoms with Crippen LogP contribution in [-0.4, -0.2) is 57.3 Å². The van der Waals surface area contributed by atoms with E-state index in [1.807, 2.05) is 20.1 Å². The van der Waals surface area contributed by atoms with E-state index in [0.29, 0.717) is 5.16 Å². The van der Waals surface area contributed by atoms with Gasteiger partial charge in [0.05, 0.1) is 13.0 Å². The highest BCUT2D eigenvalue weighted by molar-refractivity contribution is 7.98. The summed E-state index contributed by atoms with van der Waals surface area (Å²) in [4.78, 5) is 34.9. The Labute approximate surface area is 162 Å². The molecule has 1 aliphatic heterocycles. The van der Waals surface area contributed by atoms with Crippen LogP contribution in [0.15, 0.2) is 5.16 Å². The highest BCUT2D eigenvalue weighted by Gasteiger charge is 2.37. The lowest BCUT2D eigenvalue weighted by atomic mass is 10.1. The molecule has 1 aliphatic rings. The molecule has 0 atom stereocenters. The smallest absolute Gasteiger partial charge is 0.308 e. The number of thioether (sulfide) groups is 1. The van der Waals surface area contributed by atoms with Gasteiger partial charge in [-0.2, -0.15) is 4.98 Å². The lowest BCUT2D eigenvalue weighted by molar-refractivity contribution is -0.155. The quantitative estimate of drug-likeness (QED) is 0.331. The number of amides is 1. The zero-order valence-corrected chi connectivity index (χ0v) is 17.5. The zero-order valence-electron chi connectivity index (χ0n) is 15.9. The fourth-order valence-corrected chi connectivity index (χ4v) is 3.17. The molecule has 0 aliphatic carbocycles. The monoisotopic (exact) mass is 401 g/mol. The summed E-state index contributed by atoms with van der Waals surface area (Å²) in [5.74, 6) is -0.551. The molecule has 1 amide bonds. The molecule has 0 saturated carbocycles. The van der Waals surface area contributed by atoms with Gasteiger partial charge in [-0.1, -0.05) is 23.4 Å². The standard InChI is InChI=1S/C17H24ClN3O4S/c1-16(2,3)24-10(22)7-8-21-9-17(4,5)25-13-11(14(21)23)12(18)19-15(20-13)26-6/h7-9H2,1-6H3. The van der Waals surface area contributed by atoms with Crippen LogP contribution >= 0.6 is 23.4 Å². The maximum absolute atomic E-state index is 13.0. The molecule has 1 aromatic rings. The van der Waals surface area contributed by atoms with Crippen LogP contribution in [0, 0.1) is 0 Å². The van der Waals surface area contributed by atoms with Crippen LogP contribution in [0.2, 0.25) is 5.15 Å². The van der Waals surface area contributed by atoms with Gasteiger partial charge in [-0.05, 0) is 40.9 Å². The van der Waals surface area contributed by atoms with E-state index in [9.17, 15) is 9.59 Å². The van der Waals surface area contributed by atoms with Crippen molar-refractivity contribution in [1.29, 1.82) is 0 Å². The summed E-state index contributed by atoms with van der Waals surface area (Å²) in [5.41, 5.74) is -1.14. The molecular formula is C17H24ClN3O4S. The molecule has 0 spiro atoms. The number of hydrogen-bond acceptors (Lipinski definition) is 7. The SMILES string of the molecule is CSc1nc(Cl)c2c(n1)OC(C)(C)CN(CCC(=O)OC(C)(C)C)C2=O. The molecule has 0 N–H and O–H groups in total. The van der Waals surface area contributed by atoms with E-state index in [-0.39, 0.29) is 48.0 Å². The summed E-state index contributed by atoms with van der Waals surface area (Å²) in [6.07, 6.45) is 1.89. The predicted octanol–water partition coefficient (Wildman–Crippen LogP) is 3.20. The van der Waals surface area contributed by atoms with Gasteiger partial charge >= 0.3 is 5.97 Å². The Morgan fingerprint density at radius 1 is 1.38 bits per heavy atom. The first-order valence-corrected chi connectivity index (χ1v) is 9.84. The number of aromatic nitrogens is 2. The first kappa shape index (κ1) is 20.8. The fraction of sp³-hybridized carbons (Fsp3) is 0.647. The number of carbonyl (C=O) groups is 2. The van der Waals surface area contributed by atoms with Crippen molar-refractivity contribution in [2.24, 2.45) is 0 Å². The van der Waals surface area contributed by atoms with E-state index in [0.717, 1.165) is 0 Å². The summed E-state index contributed by atoms with van der Waals surface area (Å²) in [5, 5.41) is 0.476. The second-order valence-electron chi connectivity index (χ2n) is 7.61. The molecule has 7 nitrogen and oxygen atoms in total. The summed E-state index contributed by atoms with van der Waals surface area (Å²) in [6, 6.07) is 0. The number of carbonyl (C=O) groups excluding carboxylic acids is 2. The Balaban J connectivity index is 2.26. The van der Waals surface area contributed by atoms with Crippen LogP contribution in [0.5, 0.6) is 5.88 Å². The molecule has 2 rings (SSSR count). The van der Waals surface area contributed by atoms with Gasteiger partial charge in [0, 0.05) is 6.54 Å². The third-order valence-corrected chi connectivity index (χ3v) is 4.27. The number of hydrogen-bond donors (Lipinski definition) is 0. The zero-order chi connectivity index (χ0) is 19.7. The number of ether oxygens (including phenoxy) is 2. The Morgan fingerprint density at radius 2 is 2.04 bits per heavy atom. The molecule has 9 heteroatoms. The molecule has 26 heavy (non-hydrogen) atoms. The maximum atomic E-state index is 13.0. The van der Waals surface area contributed by atoms with Crippen LogP contribution in [0.25, 0.3) is 0 Å². The summed E-state index contributed by atoms with van der Waals surface area (Å²) in [7, 11) is 0. The Kier molecular flexibility index (Phi) is 6.07. The van der Waals surface area contributed by atoms with Crippen molar-refractivity contribution in [3.8, 4) is 5.88 Å². The molecule has 144 valence electrons. The minimum atomic E-state index is -0.692. The van der Waals surface area contributed by atoms with Gasteiger partial charge in [0.25, 0.3) is 5.91 Å². The van der Waals surface area contributed by atoms with E-state index in [1.54, 1.807) is 20.8 Å². The number of fused-ring (bicyclic) bond motifs is 1. The number of halogens is 1. The third-order valence-electron chi connectivity index (χ3n) is 3.45. The van der Waals surface area contributed by atoms with Crippen molar-refractivity contribution in [1.82, 2.24) is 14.9 Å². The minimum Gasteiger partial charge on any atom is -0.469 e.